The van der Waals surface area contributed by atoms with Crippen LogP contribution in [0.2, 0.25) is 0 Å². The van der Waals surface area contributed by atoms with E-state index < -0.39 is 11.9 Å². The number of carbonyl (C=O) groups excluding carboxylic acids is 1. The van der Waals surface area contributed by atoms with Gasteiger partial charge in [-0.25, -0.2) is 0 Å². The zero-order valence-electron chi connectivity index (χ0n) is 11.7. The summed E-state index contributed by atoms with van der Waals surface area (Å²) in [7, 11) is 0. The SMILES string of the molecule is CCN(CC(C)C)C(=O)[C@@H]1CCCC[C@@H]1C(=O)O. The Kier molecular flexibility index (Phi) is 5.63. The van der Waals surface area contributed by atoms with Gasteiger partial charge in [0, 0.05) is 13.1 Å². The number of hydrogen-bond donors (Lipinski definition) is 1. The Morgan fingerprint density at radius 3 is 2.22 bits per heavy atom. The minimum atomic E-state index is -0.811. The van der Waals surface area contributed by atoms with E-state index in [2.05, 4.69) is 13.8 Å². The number of carboxylic acid groups (broad SMARTS) is 1. The third-order valence-electron chi connectivity index (χ3n) is 3.68. The molecule has 4 nitrogen and oxygen atoms in total. The second-order valence-electron chi connectivity index (χ2n) is 5.61. The van der Waals surface area contributed by atoms with E-state index in [1.165, 1.54) is 0 Å². The predicted octanol–water partition coefficient (Wildman–Crippen LogP) is 2.38. The van der Waals surface area contributed by atoms with Crippen LogP contribution in [0.5, 0.6) is 0 Å². The molecule has 1 fully saturated rings. The molecule has 104 valence electrons. The minimum absolute atomic E-state index is 0.0401. The summed E-state index contributed by atoms with van der Waals surface area (Å²) < 4.78 is 0. The largest absolute Gasteiger partial charge is 0.481 e. The Morgan fingerprint density at radius 1 is 1.22 bits per heavy atom. The maximum absolute atomic E-state index is 12.4. The van der Waals surface area contributed by atoms with Crippen molar-refractivity contribution in [1.82, 2.24) is 4.90 Å². The van der Waals surface area contributed by atoms with Gasteiger partial charge < -0.3 is 10.0 Å². The van der Waals surface area contributed by atoms with Crippen LogP contribution < -0.4 is 0 Å². The van der Waals surface area contributed by atoms with Crippen LogP contribution in [-0.2, 0) is 9.59 Å². The first-order valence-electron chi connectivity index (χ1n) is 6.99. The minimum Gasteiger partial charge on any atom is -0.481 e. The lowest BCUT2D eigenvalue weighted by Crippen LogP contribution is -2.43. The molecule has 0 unspecified atom stereocenters. The quantitative estimate of drug-likeness (QED) is 0.820. The lowest BCUT2D eigenvalue weighted by molar-refractivity contribution is -0.152. The molecule has 0 aromatic carbocycles. The third-order valence-corrected chi connectivity index (χ3v) is 3.68. The second-order valence-corrected chi connectivity index (χ2v) is 5.61. The Morgan fingerprint density at radius 2 is 1.78 bits per heavy atom. The molecule has 1 N–H and O–H groups in total. The van der Waals surface area contributed by atoms with Gasteiger partial charge in [-0.15, -0.1) is 0 Å². The standard InChI is InChI=1S/C14H25NO3/c1-4-15(9-10(2)3)13(16)11-7-5-6-8-12(11)14(17)18/h10-12H,4-9H2,1-3H3,(H,17,18)/t11-,12+/m1/s1. The van der Waals surface area contributed by atoms with Crippen molar-refractivity contribution in [2.45, 2.75) is 46.5 Å². The average molecular weight is 255 g/mol. The molecule has 0 aromatic heterocycles. The fourth-order valence-corrected chi connectivity index (χ4v) is 2.77. The highest BCUT2D eigenvalue weighted by atomic mass is 16.4. The Labute approximate surface area is 109 Å². The zero-order chi connectivity index (χ0) is 13.7. The molecule has 0 aromatic rings. The number of carboxylic acids is 1. The van der Waals surface area contributed by atoms with Gasteiger partial charge in [0.1, 0.15) is 0 Å². The van der Waals surface area contributed by atoms with E-state index in [1.54, 1.807) is 0 Å². The molecular weight excluding hydrogens is 230 g/mol. The summed E-state index contributed by atoms with van der Waals surface area (Å²) in [5, 5.41) is 9.22. The third kappa shape index (κ3) is 3.72. The van der Waals surface area contributed by atoms with Crippen LogP contribution in [0.3, 0.4) is 0 Å². The van der Waals surface area contributed by atoms with Crippen molar-refractivity contribution >= 4 is 11.9 Å². The van der Waals surface area contributed by atoms with Crippen LogP contribution in [0.25, 0.3) is 0 Å². The number of rotatable bonds is 5. The molecule has 0 heterocycles. The first kappa shape index (κ1) is 15.0. The van der Waals surface area contributed by atoms with Crippen LogP contribution in [0.15, 0.2) is 0 Å². The van der Waals surface area contributed by atoms with Gasteiger partial charge in [-0.1, -0.05) is 26.7 Å². The molecule has 1 rings (SSSR count). The van der Waals surface area contributed by atoms with E-state index in [4.69, 9.17) is 0 Å². The van der Waals surface area contributed by atoms with Crippen LogP contribution >= 0.6 is 0 Å². The van der Waals surface area contributed by atoms with Crippen molar-refractivity contribution in [3.8, 4) is 0 Å². The van der Waals surface area contributed by atoms with Crippen LogP contribution in [0, 0.1) is 17.8 Å². The van der Waals surface area contributed by atoms with Crippen molar-refractivity contribution in [3.05, 3.63) is 0 Å². The number of carbonyl (C=O) groups is 2. The van der Waals surface area contributed by atoms with E-state index in [1.807, 2.05) is 11.8 Å². The number of aliphatic carboxylic acids is 1. The van der Waals surface area contributed by atoms with Crippen molar-refractivity contribution in [2.24, 2.45) is 17.8 Å². The highest BCUT2D eigenvalue weighted by Crippen LogP contribution is 2.31. The molecule has 0 aliphatic heterocycles. The number of nitrogens with zero attached hydrogens (tertiary/aromatic N) is 1. The van der Waals surface area contributed by atoms with Gasteiger partial charge in [-0.05, 0) is 25.7 Å². The van der Waals surface area contributed by atoms with Gasteiger partial charge in [0.15, 0.2) is 0 Å². The number of amides is 1. The molecule has 0 bridgehead atoms. The summed E-state index contributed by atoms with van der Waals surface area (Å²) in [6.07, 6.45) is 3.27. The summed E-state index contributed by atoms with van der Waals surface area (Å²) in [6, 6.07) is 0. The predicted molar refractivity (Wildman–Crippen MR) is 70.2 cm³/mol. The summed E-state index contributed by atoms with van der Waals surface area (Å²) >= 11 is 0. The summed E-state index contributed by atoms with van der Waals surface area (Å²) in [6.45, 7) is 7.49. The van der Waals surface area contributed by atoms with E-state index in [0.717, 1.165) is 25.8 Å². The molecule has 1 aliphatic carbocycles. The fourth-order valence-electron chi connectivity index (χ4n) is 2.77. The lowest BCUT2D eigenvalue weighted by atomic mass is 9.78. The molecule has 18 heavy (non-hydrogen) atoms. The average Bonchev–Trinajstić information content (AvgIpc) is 2.34. The molecule has 2 atom stereocenters. The molecule has 4 heteroatoms. The van der Waals surface area contributed by atoms with E-state index in [0.29, 0.717) is 18.9 Å². The highest BCUT2D eigenvalue weighted by molar-refractivity contribution is 5.85. The van der Waals surface area contributed by atoms with Gasteiger partial charge in [0.25, 0.3) is 0 Å². The first-order chi connectivity index (χ1) is 8.47. The van der Waals surface area contributed by atoms with Gasteiger partial charge in [0.2, 0.25) is 5.91 Å². The Bertz CT molecular complexity index is 301. The molecule has 1 aliphatic rings. The van der Waals surface area contributed by atoms with Crippen molar-refractivity contribution in [1.29, 1.82) is 0 Å². The maximum Gasteiger partial charge on any atom is 0.307 e. The van der Waals surface area contributed by atoms with Gasteiger partial charge in [-0.3, -0.25) is 9.59 Å². The van der Waals surface area contributed by atoms with Crippen molar-refractivity contribution in [2.75, 3.05) is 13.1 Å². The van der Waals surface area contributed by atoms with E-state index in [-0.39, 0.29) is 11.8 Å². The highest BCUT2D eigenvalue weighted by Gasteiger charge is 2.37. The van der Waals surface area contributed by atoms with Crippen LogP contribution in [0.4, 0.5) is 0 Å². The summed E-state index contributed by atoms with van der Waals surface area (Å²) in [4.78, 5) is 25.5. The molecule has 1 amide bonds. The normalized spacial score (nSPS) is 24.0. The van der Waals surface area contributed by atoms with Crippen molar-refractivity contribution in [3.63, 3.8) is 0 Å². The fraction of sp³-hybridized carbons (Fsp3) is 0.857. The lowest BCUT2D eigenvalue weighted by Gasteiger charge is -2.33. The van der Waals surface area contributed by atoms with Crippen LogP contribution in [0.1, 0.15) is 46.5 Å². The van der Waals surface area contributed by atoms with Crippen molar-refractivity contribution < 1.29 is 14.7 Å². The molecule has 0 spiro atoms. The van der Waals surface area contributed by atoms with Gasteiger partial charge >= 0.3 is 5.97 Å². The van der Waals surface area contributed by atoms with E-state index in [9.17, 15) is 14.7 Å². The Balaban J connectivity index is 2.75. The van der Waals surface area contributed by atoms with E-state index >= 15 is 0 Å². The molecular formula is C14H25NO3. The zero-order valence-corrected chi connectivity index (χ0v) is 11.7. The van der Waals surface area contributed by atoms with Gasteiger partial charge in [-0.2, -0.15) is 0 Å². The topological polar surface area (TPSA) is 57.6 Å². The first-order valence-corrected chi connectivity index (χ1v) is 6.99. The van der Waals surface area contributed by atoms with Crippen LogP contribution in [-0.4, -0.2) is 35.0 Å². The summed E-state index contributed by atoms with van der Waals surface area (Å²) in [5.74, 6) is -1.14. The molecule has 1 saturated carbocycles. The monoisotopic (exact) mass is 255 g/mol. The van der Waals surface area contributed by atoms with Gasteiger partial charge in [0.05, 0.1) is 11.8 Å². The Hall–Kier alpha value is -1.06. The number of hydrogen-bond acceptors (Lipinski definition) is 2. The molecule has 0 saturated heterocycles. The second kappa shape index (κ2) is 6.76. The maximum atomic E-state index is 12.4. The smallest absolute Gasteiger partial charge is 0.307 e. The molecule has 0 radical (unpaired) electrons. The summed E-state index contributed by atoms with van der Waals surface area (Å²) in [5.41, 5.74) is 0.